The highest BCUT2D eigenvalue weighted by atomic mass is 32.2. The number of benzene rings is 2. The molecule has 41 heavy (non-hydrogen) atoms. The van der Waals surface area contributed by atoms with E-state index in [1.54, 1.807) is 18.7 Å². The molecule has 0 radical (unpaired) electrons. The molecule has 2 N–H and O–H groups in total. The molecule has 11 heteroatoms. The number of aromatic hydroxyl groups is 1. The van der Waals surface area contributed by atoms with Crippen LogP contribution in [0.3, 0.4) is 0 Å². The summed E-state index contributed by atoms with van der Waals surface area (Å²) in [5.41, 5.74) is 4.12. The first kappa shape index (κ1) is 32.4. The number of sulfonamides is 1. The van der Waals surface area contributed by atoms with Gasteiger partial charge in [-0.1, -0.05) is 13.0 Å². The number of aryl methyl sites for hydroxylation is 3. The Bertz CT molecular complexity index is 1340. The molecule has 3 rings (SSSR count). The van der Waals surface area contributed by atoms with Crippen molar-refractivity contribution < 1.29 is 23.1 Å². The Morgan fingerprint density at radius 3 is 2.27 bits per heavy atom. The molecule has 0 spiro atoms. The average molecular weight is 588 g/mol. The lowest BCUT2D eigenvalue weighted by molar-refractivity contribution is -0.133. The number of hydrogen-bond acceptors (Lipinski definition) is 7. The van der Waals surface area contributed by atoms with Gasteiger partial charge in [0.1, 0.15) is 5.75 Å². The van der Waals surface area contributed by atoms with Crippen molar-refractivity contribution in [2.75, 3.05) is 58.3 Å². The van der Waals surface area contributed by atoms with E-state index in [0.29, 0.717) is 30.3 Å². The van der Waals surface area contributed by atoms with Crippen LogP contribution in [0.4, 0.5) is 5.69 Å². The first-order valence-electron chi connectivity index (χ1n) is 14.1. The zero-order chi connectivity index (χ0) is 30.5. The Morgan fingerprint density at radius 1 is 1.02 bits per heavy atom. The Hall–Kier alpha value is -3.15. The predicted molar refractivity (Wildman–Crippen MR) is 162 cm³/mol. The fourth-order valence-corrected chi connectivity index (χ4v) is 6.88. The van der Waals surface area contributed by atoms with Crippen molar-refractivity contribution in [2.45, 2.75) is 58.5 Å². The van der Waals surface area contributed by atoms with Gasteiger partial charge in [-0.15, -0.1) is 0 Å². The van der Waals surface area contributed by atoms with Crippen molar-refractivity contribution in [3.05, 3.63) is 52.6 Å². The van der Waals surface area contributed by atoms with Crippen LogP contribution in [0.1, 0.15) is 42.5 Å². The lowest BCUT2D eigenvalue weighted by atomic mass is 10.1. The summed E-state index contributed by atoms with van der Waals surface area (Å²) in [6.07, 6.45) is 1.15. The van der Waals surface area contributed by atoms with Crippen LogP contribution in [-0.2, 0) is 26.2 Å². The number of carbonyl (C=O) groups excluding carboxylic acids is 2. The second-order valence-electron chi connectivity index (χ2n) is 10.9. The van der Waals surface area contributed by atoms with Crippen LogP contribution in [0.15, 0.2) is 35.2 Å². The Kier molecular flexibility index (Phi) is 10.8. The normalized spacial score (nSPS) is 15.5. The SMILES string of the molecule is CCN(Cc1ccc(N2CCC(N(C)CC)C2)cc1C)C(=O)CNC(=O)CN(C)S(=O)(=O)c1c(C)cc(O)cc1C. The predicted octanol–water partition coefficient (Wildman–Crippen LogP) is 2.63. The highest BCUT2D eigenvalue weighted by molar-refractivity contribution is 7.89. The zero-order valence-corrected chi connectivity index (χ0v) is 26.2. The van der Waals surface area contributed by atoms with Gasteiger partial charge in [0.05, 0.1) is 18.0 Å². The molecule has 1 aliphatic heterocycles. The number of carbonyl (C=O) groups is 2. The van der Waals surface area contributed by atoms with Gasteiger partial charge in [0.2, 0.25) is 21.8 Å². The minimum absolute atomic E-state index is 0.0235. The van der Waals surface area contributed by atoms with Crippen molar-refractivity contribution in [2.24, 2.45) is 0 Å². The summed E-state index contributed by atoms with van der Waals surface area (Å²) in [5, 5.41) is 12.3. The van der Waals surface area contributed by atoms with Gasteiger partial charge in [-0.05, 0) is 94.2 Å². The summed E-state index contributed by atoms with van der Waals surface area (Å²) in [5.74, 6) is -0.845. The molecule has 0 aliphatic carbocycles. The molecule has 1 fully saturated rings. The molecule has 1 aliphatic rings. The second-order valence-corrected chi connectivity index (χ2v) is 12.9. The van der Waals surface area contributed by atoms with Gasteiger partial charge in [0.15, 0.2) is 0 Å². The molecular formula is C30H45N5O5S. The van der Waals surface area contributed by atoms with Crippen LogP contribution in [0, 0.1) is 20.8 Å². The van der Waals surface area contributed by atoms with Crippen molar-refractivity contribution in [3.63, 3.8) is 0 Å². The number of hydrogen-bond donors (Lipinski definition) is 2. The molecule has 1 saturated heterocycles. The zero-order valence-electron chi connectivity index (χ0n) is 25.4. The van der Waals surface area contributed by atoms with E-state index in [9.17, 15) is 23.1 Å². The average Bonchev–Trinajstić information content (AvgIpc) is 3.40. The number of rotatable bonds is 12. The van der Waals surface area contributed by atoms with Crippen molar-refractivity contribution >= 4 is 27.5 Å². The molecule has 226 valence electrons. The lowest BCUT2D eigenvalue weighted by Gasteiger charge is -2.25. The van der Waals surface area contributed by atoms with E-state index in [1.165, 1.54) is 24.9 Å². The first-order valence-corrected chi connectivity index (χ1v) is 15.6. The number of likely N-dealkylation sites (N-methyl/N-ethyl adjacent to an activating group) is 3. The number of nitrogens with zero attached hydrogens (tertiary/aromatic N) is 4. The molecule has 0 bridgehead atoms. The van der Waals surface area contributed by atoms with Gasteiger partial charge in [-0.2, -0.15) is 4.31 Å². The maximum Gasteiger partial charge on any atom is 0.243 e. The van der Waals surface area contributed by atoms with E-state index in [0.717, 1.165) is 41.5 Å². The maximum atomic E-state index is 13.1. The number of nitrogens with one attached hydrogen (secondary N) is 1. The van der Waals surface area contributed by atoms with Gasteiger partial charge in [-0.25, -0.2) is 8.42 Å². The fourth-order valence-electron chi connectivity index (χ4n) is 5.35. The van der Waals surface area contributed by atoms with E-state index in [1.807, 2.05) is 6.92 Å². The van der Waals surface area contributed by atoms with Gasteiger partial charge in [0, 0.05) is 45.0 Å². The summed E-state index contributed by atoms with van der Waals surface area (Å²) in [6.45, 7) is 12.6. The largest absolute Gasteiger partial charge is 0.508 e. The third-order valence-electron chi connectivity index (χ3n) is 7.99. The lowest BCUT2D eigenvalue weighted by Crippen LogP contribution is -2.44. The van der Waals surface area contributed by atoms with E-state index in [2.05, 4.69) is 54.2 Å². The van der Waals surface area contributed by atoms with Crippen LogP contribution in [-0.4, -0.2) is 98.8 Å². The third-order valence-corrected chi connectivity index (χ3v) is 10.1. The van der Waals surface area contributed by atoms with E-state index in [-0.39, 0.29) is 23.1 Å². The molecule has 2 aromatic carbocycles. The van der Waals surface area contributed by atoms with Gasteiger partial charge in [0.25, 0.3) is 0 Å². The molecule has 0 aromatic heterocycles. The minimum atomic E-state index is -3.98. The van der Waals surface area contributed by atoms with Crippen LogP contribution >= 0.6 is 0 Å². The third kappa shape index (κ3) is 7.78. The monoisotopic (exact) mass is 587 g/mol. The topological polar surface area (TPSA) is 114 Å². The fraction of sp³-hybridized carbons (Fsp3) is 0.533. The highest BCUT2D eigenvalue weighted by Gasteiger charge is 2.28. The Labute approximate surface area is 245 Å². The first-order chi connectivity index (χ1) is 19.3. The molecule has 1 unspecified atom stereocenters. The molecule has 2 aromatic rings. The Morgan fingerprint density at radius 2 is 1.68 bits per heavy atom. The Balaban J connectivity index is 1.56. The van der Waals surface area contributed by atoms with Crippen LogP contribution in [0.25, 0.3) is 0 Å². The van der Waals surface area contributed by atoms with E-state index in [4.69, 9.17) is 0 Å². The molecule has 0 saturated carbocycles. The van der Waals surface area contributed by atoms with Crippen LogP contribution in [0.2, 0.25) is 0 Å². The van der Waals surface area contributed by atoms with Crippen molar-refractivity contribution in [1.29, 1.82) is 0 Å². The number of amides is 2. The van der Waals surface area contributed by atoms with Gasteiger partial charge in [-0.3, -0.25) is 9.59 Å². The van der Waals surface area contributed by atoms with E-state index >= 15 is 0 Å². The van der Waals surface area contributed by atoms with Crippen molar-refractivity contribution in [1.82, 2.24) is 19.4 Å². The standard InChI is InChI=1S/C30H45N5O5S/c1-8-32(6)26-12-13-35(19-26)25-11-10-24(21(3)14-25)18-34(9-2)29(38)17-31-28(37)20-33(7)41(39,40)30-22(4)15-27(36)16-23(30)5/h10-11,14-16,26,36H,8-9,12-13,17-20H2,1-7H3,(H,31,37). The van der Waals surface area contributed by atoms with Crippen molar-refractivity contribution in [3.8, 4) is 5.75 Å². The van der Waals surface area contributed by atoms with Gasteiger partial charge < -0.3 is 25.1 Å². The number of phenols is 1. The van der Waals surface area contributed by atoms with Crippen LogP contribution in [0.5, 0.6) is 5.75 Å². The van der Waals surface area contributed by atoms with Gasteiger partial charge >= 0.3 is 0 Å². The summed E-state index contributed by atoms with van der Waals surface area (Å²) in [6, 6.07) is 9.67. The summed E-state index contributed by atoms with van der Waals surface area (Å²) in [4.78, 5) is 32.1. The summed E-state index contributed by atoms with van der Waals surface area (Å²) >= 11 is 0. The summed E-state index contributed by atoms with van der Waals surface area (Å²) in [7, 11) is -0.491. The molecule has 1 atom stereocenters. The summed E-state index contributed by atoms with van der Waals surface area (Å²) < 4.78 is 27.1. The quantitative estimate of drug-likeness (QED) is 0.393. The smallest absolute Gasteiger partial charge is 0.243 e. The molecule has 1 heterocycles. The minimum Gasteiger partial charge on any atom is -0.508 e. The number of phenolic OH excluding ortho intramolecular Hbond substituents is 1. The molecular weight excluding hydrogens is 542 g/mol. The van der Waals surface area contributed by atoms with E-state index < -0.39 is 22.5 Å². The highest BCUT2D eigenvalue weighted by Crippen LogP contribution is 2.27. The second kappa shape index (κ2) is 13.7. The molecule has 2 amide bonds. The van der Waals surface area contributed by atoms with Crippen LogP contribution < -0.4 is 10.2 Å². The number of anilines is 1. The maximum absolute atomic E-state index is 13.1. The molecule has 10 nitrogen and oxygen atoms in total.